The molecule has 1 amide bonds. The van der Waals surface area contributed by atoms with Gasteiger partial charge in [0.15, 0.2) is 0 Å². The normalized spacial score (nSPS) is 19.0. The number of hydrogen-bond acceptors (Lipinski definition) is 4. The molecule has 1 aliphatic heterocycles. The summed E-state index contributed by atoms with van der Waals surface area (Å²) in [7, 11) is 0. The molecule has 2 rings (SSSR count). The molecule has 0 radical (unpaired) electrons. The Hall–Kier alpha value is -1.15. The number of benzene rings is 1. The molecule has 0 aromatic heterocycles. The molecule has 19 heavy (non-hydrogen) atoms. The molecule has 1 atom stereocenters. The van der Waals surface area contributed by atoms with Crippen LogP contribution in [0, 0.1) is 21.8 Å². The summed E-state index contributed by atoms with van der Waals surface area (Å²) in [5, 5.41) is 10.7. The van der Waals surface area contributed by atoms with E-state index < -0.39 is 16.4 Å². The minimum absolute atomic E-state index is 0.104. The fourth-order valence-corrected chi connectivity index (χ4v) is 2.78. The first kappa shape index (κ1) is 14.3. The van der Waals surface area contributed by atoms with Crippen LogP contribution in [-0.4, -0.2) is 23.1 Å². The highest BCUT2D eigenvalue weighted by Crippen LogP contribution is 2.36. The maximum Gasteiger partial charge on any atom is 0.306 e. The first-order valence-corrected chi connectivity index (χ1v) is 6.91. The number of rotatable bonds is 3. The van der Waals surface area contributed by atoms with Crippen LogP contribution < -0.4 is 4.90 Å². The first-order valence-electron chi connectivity index (χ1n) is 5.48. The van der Waals surface area contributed by atoms with Crippen LogP contribution in [0.25, 0.3) is 0 Å². The van der Waals surface area contributed by atoms with Crippen molar-refractivity contribution in [2.75, 3.05) is 17.2 Å². The Labute approximate surface area is 122 Å². The fourth-order valence-electron chi connectivity index (χ4n) is 2.01. The van der Waals surface area contributed by atoms with Gasteiger partial charge in [0.1, 0.15) is 0 Å². The van der Waals surface area contributed by atoms with E-state index in [9.17, 15) is 19.3 Å². The topological polar surface area (TPSA) is 63.5 Å². The number of anilines is 1. The summed E-state index contributed by atoms with van der Waals surface area (Å²) in [6.07, 6.45) is 0.348. The predicted octanol–water partition coefficient (Wildman–Crippen LogP) is 2.78. The molecule has 1 unspecified atom stereocenters. The van der Waals surface area contributed by atoms with Gasteiger partial charge in [0, 0.05) is 23.5 Å². The third-order valence-electron chi connectivity index (χ3n) is 2.97. The number of nitro groups is 1. The predicted molar refractivity (Wildman–Crippen MR) is 75.1 cm³/mol. The van der Waals surface area contributed by atoms with Crippen LogP contribution in [0.5, 0.6) is 0 Å². The van der Waals surface area contributed by atoms with E-state index >= 15 is 0 Å². The van der Waals surface area contributed by atoms with Gasteiger partial charge in [-0.2, -0.15) is 17.0 Å². The molecule has 0 spiro atoms. The number of halogens is 2. The van der Waals surface area contributed by atoms with Crippen LogP contribution in [0.1, 0.15) is 6.42 Å². The molecule has 1 aromatic rings. The summed E-state index contributed by atoms with van der Waals surface area (Å²) in [4.78, 5) is 23.2. The molecule has 1 fully saturated rings. The minimum Gasteiger partial charge on any atom is -0.311 e. The van der Waals surface area contributed by atoms with Crippen molar-refractivity contribution in [1.82, 2.24) is 0 Å². The summed E-state index contributed by atoms with van der Waals surface area (Å²) < 4.78 is 13.7. The van der Waals surface area contributed by atoms with E-state index in [-0.39, 0.29) is 11.8 Å². The second kappa shape index (κ2) is 5.46. The average molecular weight is 349 g/mol. The largest absolute Gasteiger partial charge is 0.311 e. The van der Waals surface area contributed by atoms with Gasteiger partial charge in [-0.15, -0.1) is 0 Å². The van der Waals surface area contributed by atoms with E-state index in [0.29, 0.717) is 28.9 Å². The lowest BCUT2D eigenvalue weighted by Crippen LogP contribution is -2.25. The number of nitrogens with zero attached hydrogens (tertiary/aromatic N) is 2. The number of thiol groups is 1. The van der Waals surface area contributed by atoms with Gasteiger partial charge in [0.05, 0.1) is 10.6 Å². The highest BCUT2D eigenvalue weighted by Gasteiger charge is 2.32. The van der Waals surface area contributed by atoms with Crippen LogP contribution in [0.4, 0.5) is 15.8 Å². The van der Waals surface area contributed by atoms with Gasteiger partial charge >= 0.3 is 5.69 Å². The number of hydrogen-bond donors (Lipinski definition) is 1. The zero-order chi connectivity index (χ0) is 14.2. The van der Waals surface area contributed by atoms with Crippen molar-refractivity contribution in [1.29, 1.82) is 0 Å². The summed E-state index contributed by atoms with van der Waals surface area (Å²) in [5.74, 6) is -0.408. The third-order valence-corrected chi connectivity index (χ3v) is 4.12. The SMILES string of the molecule is O=C1CC(CS)CN1c1cc([N+](=O)[O-])c(F)cc1Br. The number of nitro benzene ring substituents is 1. The van der Waals surface area contributed by atoms with Gasteiger partial charge in [0.2, 0.25) is 11.7 Å². The Bertz CT molecular complexity index is 555. The van der Waals surface area contributed by atoms with E-state index in [0.717, 1.165) is 12.1 Å². The second-order valence-electron chi connectivity index (χ2n) is 4.27. The summed E-state index contributed by atoms with van der Waals surface area (Å²) in [6, 6.07) is 2.09. The van der Waals surface area contributed by atoms with Gasteiger partial charge < -0.3 is 4.90 Å². The van der Waals surface area contributed by atoms with Crippen molar-refractivity contribution in [3.05, 3.63) is 32.5 Å². The fraction of sp³-hybridized carbons (Fsp3) is 0.364. The molecule has 0 saturated carbocycles. The monoisotopic (exact) mass is 348 g/mol. The van der Waals surface area contributed by atoms with E-state index in [1.165, 1.54) is 4.90 Å². The Balaban J connectivity index is 2.42. The Morgan fingerprint density at radius 3 is 2.79 bits per heavy atom. The maximum absolute atomic E-state index is 13.4. The molecule has 1 aliphatic rings. The molecule has 102 valence electrons. The van der Waals surface area contributed by atoms with Crippen molar-refractivity contribution >= 4 is 45.8 Å². The molecule has 1 heterocycles. The van der Waals surface area contributed by atoms with Gasteiger partial charge in [0.25, 0.3) is 0 Å². The van der Waals surface area contributed by atoms with Crippen molar-refractivity contribution < 1.29 is 14.1 Å². The van der Waals surface area contributed by atoms with Gasteiger partial charge in [-0.3, -0.25) is 14.9 Å². The summed E-state index contributed by atoms with van der Waals surface area (Å²) in [6.45, 7) is 0.434. The zero-order valence-electron chi connectivity index (χ0n) is 9.68. The van der Waals surface area contributed by atoms with Crippen LogP contribution in [0.15, 0.2) is 16.6 Å². The van der Waals surface area contributed by atoms with Crippen LogP contribution in [-0.2, 0) is 4.79 Å². The maximum atomic E-state index is 13.4. The molecule has 8 heteroatoms. The van der Waals surface area contributed by atoms with E-state index in [2.05, 4.69) is 28.6 Å². The number of carbonyl (C=O) groups is 1. The average Bonchev–Trinajstić information content (AvgIpc) is 2.70. The van der Waals surface area contributed by atoms with Crippen molar-refractivity contribution in [3.8, 4) is 0 Å². The first-order chi connectivity index (χ1) is 8.93. The van der Waals surface area contributed by atoms with E-state index in [1.807, 2.05) is 0 Å². The van der Waals surface area contributed by atoms with E-state index in [1.54, 1.807) is 0 Å². The molecule has 5 nitrogen and oxygen atoms in total. The van der Waals surface area contributed by atoms with Crippen LogP contribution in [0.3, 0.4) is 0 Å². The molecule has 1 aromatic carbocycles. The van der Waals surface area contributed by atoms with Gasteiger partial charge in [-0.05, 0) is 33.7 Å². The second-order valence-corrected chi connectivity index (χ2v) is 5.49. The standard InChI is InChI=1S/C11H10BrFN2O3S/c12-7-2-8(13)10(15(17)18)3-9(7)14-4-6(5-19)1-11(14)16/h2-3,6,19H,1,4-5H2. The number of amides is 1. The highest BCUT2D eigenvalue weighted by atomic mass is 79.9. The summed E-state index contributed by atoms with van der Waals surface area (Å²) in [5.41, 5.74) is -0.317. The van der Waals surface area contributed by atoms with Crippen LogP contribution in [0.2, 0.25) is 0 Å². The van der Waals surface area contributed by atoms with Crippen molar-refractivity contribution in [2.24, 2.45) is 5.92 Å². The molecular formula is C11H10BrFN2O3S. The molecule has 0 bridgehead atoms. The van der Waals surface area contributed by atoms with Crippen molar-refractivity contribution in [2.45, 2.75) is 6.42 Å². The number of carbonyl (C=O) groups excluding carboxylic acids is 1. The molecule has 1 saturated heterocycles. The van der Waals surface area contributed by atoms with Crippen LogP contribution >= 0.6 is 28.6 Å². The van der Waals surface area contributed by atoms with Gasteiger partial charge in [-0.25, -0.2) is 0 Å². The lowest BCUT2D eigenvalue weighted by Gasteiger charge is -2.18. The summed E-state index contributed by atoms with van der Waals surface area (Å²) >= 11 is 7.28. The Morgan fingerprint density at radius 1 is 1.58 bits per heavy atom. The minimum atomic E-state index is -0.932. The van der Waals surface area contributed by atoms with E-state index in [4.69, 9.17) is 0 Å². The smallest absolute Gasteiger partial charge is 0.306 e. The lowest BCUT2D eigenvalue weighted by atomic mass is 10.1. The Kier molecular flexibility index (Phi) is 4.10. The lowest BCUT2D eigenvalue weighted by molar-refractivity contribution is -0.387. The Morgan fingerprint density at radius 2 is 2.26 bits per heavy atom. The third kappa shape index (κ3) is 2.74. The van der Waals surface area contributed by atoms with Crippen molar-refractivity contribution in [3.63, 3.8) is 0 Å². The molecule has 0 N–H and O–H groups in total. The highest BCUT2D eigenvalue weighted by molar-refractivity contribution is 9.10. The van der Waals surface area contributed by atoms with Gasteiger partial charge in [-0.1, -0.05) is 0 Å². The quantitative estimate of drug-likeness (QED) is 0.519. The molecule has 0 aliphatic carbocycles. The zero-order valence-corrected chi connectivity index (χ0v) is 12.2. The molecular weight excluding hydrogens is 339 g/mol.